The largest absolute Gasteiger partial charge is 0.478 e. The van der Waals surface area contributed by atoms with Crippen LogP contribution in [0.3, 0.4) is 0 Å². The number of carboxylic acids is 1. The standard InChI is InChI=1S/C7H4F3NO2/c8-7(9,10)5-3-11-2-1-4(5)6(12)13/h1-3H,(H,12,13). The van der Waals surface area contributed by atoms with E-state index < -0.39 is 23.3 Å². The highest BCUT2D eigenvalue weighted by atomic mass is 19.4. The second-order valence-electron chi connectivity index (χ2n) is 2.22. The first kappa shape index (κ1) is 9.50. The Labute approximate surface area is 70.8 Å². The van der Waals surface area contributed by atoms with E-state index >= 15 is 0 Å². The van der Waals surface area contributed by atoms with Gasteiger partial charge in [0.05, 0.1) is 11.1 Å². The number of hydrogen-bond donors (Lipinski definition) is 1. The highest BCUT2D eigenvalue weighted by molar-refractivity contribution is 5.89. The van der Waals surface area contributed by atoms with Crippen molar-refractivity contribution in [2.75, 3.05) is 0 Å². The predicted octanol–water partition coefficient (Wildman–Crippen LogP) is 1.80. The van der Waals surface area contributed by atoms with E-state index in [2.05, 4.69) is 4.98 Å². The third kappa shape index (κ3) is 1.95. The van der Waals surface area contributed by atoms with Gasteiger partial charge in [-0.2, -0.15) is 13.2 Å². The lowest BCUT2D eigenvalue weighted by Crippen LogP contribution is -2.12. The number of pyridine rings is 1. The number of rotatable bonds is 1. The van der Waals surface area contributed by atoms with Crippen LogP contribution < -0.4 is 0 Å². The van der Waals surface area contributed by atoms with Crippen molar-refractivity contribution in [3.8, 4) is 0 Å². The van der Waals surface area contributed by atoms with Crippen molar-refractivity contribution in [2.24, 2.45) is 0 Å². The van der Waals surface area contributed by atoms with Crippen molar-refractivity contribution in [3.63, 3.8) is 0 Å². The van der Waals surface area contributed by atoms with Crippen LogP contribution in [0.25, 0.3) is 0 Å². The van der Waals surface area contributed by atoms with Crippen LogP contribution in [-0.2, 0) is 6.18 Å². The lowest BCUT2D eigenvalue weighted by Gasteiger charge is -2.07. The van der Waals surface area contributed by atoms with Crippen molar-refractivity contribution in [2.45, 2.75) is 6.18 Å². The second kappa shape index (κ2) is 3.04. The fraction of sp³-hybridized carbons (Fsp3) is 0.143. The molecule has 13 heavy (non-hydrogen) atoms. The van der Waals surface area contributed by atoms with E-state index in [4.69, 9.17) is 5.11 Å². The smallest absolute Gasteiger partial charge is 0.418 e. The van der Waals surface area contributed by atoms with Gasteiger partial charge in [0.15, 0.2) is 0 Å². The maximum absolute atomic E-state index is 12.1. The average Bonchev–Trinajstić information content (AvgIpc) is 2.03. The van der Waals surface area contributed by atoms with Gasteiger partial charge in [-0.15, -0.1) is 0 Å². The first-order valence-electron chi connectivity index (χ1n) is 3.17. The molecule has 3 nitrogen and oxygen atoms in total. The number of nitrogens with zero attached hydrogens (tertiary/aromatic N) is 1. The minimum atomic E-state index is -4.68. The van der Waals surface area contributed by atoms with Crippen molar-refractivity contribution < 1.29 is 23.1 Å². The van der Waals surface area contributed by atoms with Gasteiger partial charge < -0.3 is 5.11 Å². The summed E-state index contributed by atoms with van der Waals surface area (Å²) in [7, 11) is 0. The van der Waals surface area contributed by atoms with Gasteiger partial charge in [0, 0.05) is 12.4 Å². The maximum atomic E-state index is 12.1. The zero-order valence-electron chi connectivity index (χ0n) is 6.17. The van der Waals surface area contributed by atoms with Crippen LogP contribution in [0.5, 0.6) is 0 Å². The van der Waals surface area contributed by atoms with Crippen molar-refractivity contribution in [3.05, 3.63) is 29.6 Å². The number of aromatic nitrogens is 1. The molecule has 0 spiro atoms. The van der Waals surface area contributed by atoms with Crippen LogP contribution >= 0.6 is 0 Å². The average molecular weight is 191 g/mol. The highest BCUT2D eigenvalue weighted by Gasteiger charge is 2.35. The Morgan fingerprint density at radius 2 is 2.08 bits per heavy atom. The van der Waals surface area contributed by atoms with Gasteiger partial charge in [0.25, 0.3) is 0 Å². The number of carboxylic acid groups (broad SMARTS) is 1. The van der Waals surface area contributed by atoms with Crippen LogP contribution in [0.4, 0.5) is 13.2 Å². The summed E-state index contributed by atoms with van der Waals surface area (Å²) in [4.78, 5) is 13.6. The molecule has 1 N–H and O–H groups in total. The fourth-order valence-corrected chi connectivity index (χ4v) is 0.807. The lowest BCUT2D eigenvalue weighted by atomic mass is 10.1. The highest BCUT2D eigenvalue weighted by Crippen LogP contribution is 2.30. The molecule has 0 bridgehead atoms. The third-order valence-corrected chi connectivity index (χ3v) is 1.36. The summed E-state index contributed by atoms with van der Waals surface area (Å²) >= 11 is 0. The molecule has 1 rings (SSSR count). The van der Waals surface area contributed by atoms with Crippen LogP contribution in [-0.4, -0.2) is 16.1 Å². The summed E-state index contributed by atoms with van der Waals surface area (Å²) in [5.41, 5.74) is -2.02. The van der Waals surface area contributed by atoms with E-state index in [1.165, 1.54) is 0 Å². The Morgan fingerprint density at radius 3 is 2.46 bits per heavy atom. The van der Waals surface area contributed by atoms with Gasteiger partial charge in [0.2, 0.25) is 0 Å². The molecule has 0 saturated heterocycles. The van der Waals surface area contributed by atoms with E-state index in [-0.39, 0.29) is 0 Å². The Bertz CT molecular complexity index is 335. The Balaban J connectivity index is 3.28. The molecule has 70 valence electrons. The predicted molar refractivity (Wildman–Crippen MR) is 36.2 cm³/mol. The first-order valence-corrected chi connectivity index (χ1v) is 3.17. The summed E-state index contributed by atoms with van der Waals surface area (Å²) in [5, 5.41) is 8.40. The van der Waals surface area contributed by atoms with Crippen molar-refractivity contribution in [1.82, 2.24) is 4.98 Å². The fourth-order valence-electron chi connectivity index (χ4n) is 0.807. The van der Waals surface area contributed by atoms with Gasteiger partial charge in [-0.3, -0.25) is 4.98 Å². The van der Waals surface area contributed by atoms with Crippen molar-refractivity contribution >= 4 is 5.97 Å². The van der Waals surface area contributed by atoms with Gasteiger partial charge >= 0.3 is 12.1 Å². The maximum Gasteiger partial charge on any atom is 0.418 e. The van der Waals surface area contributed by atoms with Crippen LogP contribution in [0.15, 0.2) is 18.5 Å². The zero-order valence-corrected chi connectivity index (χ0v) is 6.17. The molecule has 0 atom stereocenters. The molecule has 1 aromatic rings. The van der Waals surface area contributed by atoms with E-state index in [0.29, 0.717) is 6.20 Å². The second-order valence-corrected chi connectivity index (χ2v) is 2.22. The summed E-state index contributed by atoms with van der Waals surface area (Å²) in [5.74, 6) is -1.62. The molecule has 0 saturated carbocycles. The number of alkyl halides is 3. The van der Waals surface area contributed by atoms with E-state index in [1.54, 1.807) is 0 Å². The monoisotopic (exact) mass is 191 g/mol. The molecule has 0 fully saturated rings. The number of carbonyl (C=O) groups is 1. The Kier molecular flexibility index (Phi) is 2.22. The molecule has 0 radical (unpaired) electrons. The normalized spacial score (nSPS) is 11.3. The van der Waals surface area contributed by atoms with E-state index in [0.717, 1.165) is 12.3 Å². The summed E-state index contributed by atoms with van der Waals surface area (Å²) in [6, 6.07) is 0.811. The molecule has 0 unspecified atom stereocenters. The quantitative estimate of drug-likeness (QED) is 0.736. The molecule has 0 aliphatic carbocycles. The minimum absolute atomic E-state index is 0.490. The Morgan fingerprint density at radius 1 is 1.46 bits per heavy atom. The first-order chi connectivity index (χ1) is 5.93. The molecule has 0 aliphatic rings. The van der Waals surface area contributed by atoms with Crippen LogP contribution in [0.2, 0.25) is 0 Å². The van der Waals surface area contributed by atoms with Gasteiger partial charge in [-0.05, 0) is 6.07 Å². The summed E-state index contributed by atoms with van der Waals surface area (Å²) in [6.07, 6.45) is -3.19. The molecular formula is C7H4F3NO2. The molecular weight excluding hydrogens is 187 g/mol. The number of hydrogen-bond acceptors (Lipinski definition) is 2. The lowest BCUT2D eigenvalue weighted by molar-refractivity contribution is -0.138. The number of aromatic carboxylic acids is 1. The summed E-state index contributed by atoms with van der Waals surface area (Å²) < 4.78 is 36.3. The Hall–Kier alpha value is -1.59. The van der Waals surface area contributed by atoms with Gasteiger partial charge in [0.1, 0.15) is 0 Å². The SMILES string of the molecule is O=C(O)c1ccncc1C(F)(F)F. The topological polar surface area (TPSA) is 50.2 Å². The van der Waals surface area contributed by atoms with Crippen molar-refractivity contribution in [1.29, 1.82) is 0 Å². The van der Waals surface area contributed by atoms with Gasteiger partial charge in [-0.1, -0.05) is 0 Å². The zero-order chi connectivity index (χ0) is 10.1. The molecule has 0 aliphatic heterocycles. The molecule has 0 aromatic carbocycles. The number of halogens is 3. The third-order valence-electron chi connectivity index (χ3n) is 1.36. The van der Waals surface area contributed by atoms with Crippen LogP contribution in [0.1, 0.15) is 15.9 Å². The minimum Gasteiger partial charge on any atom is -0.478 e. The van der Waals surface area contributed by atoms with Crippen LogP contribution in [0, 0.1) is 0 Å². The molecule has 6 heteroatoms. The van der Waals surface area contributed by atoms with Gasteiger partial charge in [-0.25, -0.2) is 4.79 Å². The molecule has 1 aromatic heterocycles. The molecule has 1 heterocycles. The van der Waals surface area contributed by atoms with E-state index in [9.17, 15) is 18.0 Å². The molecule has 0 amide bonds. The van der Waals surface area contributed by atoms with E-state index in [1.807, 2.05) is 0 Å². The summed E-state index contributed by atoms with van der Waals surface area (Å²) in [6.45, 7) is 0.